The summed E-state index contributed by atoms with van der Waals surface area (Å²) in [5, 5.41) is 0.475. The first-order valence-corrected chi connectivity index (χ1v) is 7.49. The summed E-state index contributed by atoms with van der Waals surface area (Å²) in [5.41, 5.74) is 0.814. The number of amidine groups is 1. The number of carbonyl (C=O) groups is 1. The van der Waals surface area contributed by atoms with Gasteiger partial charge in [0.2, 0.25) is 0 Å². The molecule has 4 nitrogen and oxygen atoms in total. The highest BCUT2D eigenvalue weighted by Crippen LogP contribution is 2.37. The molecule has 1 atom stereocenters. The van der Waals surface area contributed by atoms with E-state index in [1.54, 1.807) is 12.1 Å². The van der Waals surface area contributed by atoms with Crippen molar-refractivity contribution in [1.82, 2.24) is 9.80 Å². The van der Waals surface area contributed by atoms with E-state index in [2.05, 4.69) is 21.8 Å². The van der Waals surface area contributed by atoms with Crippen molar-refractivity contribution >= 4 is 22.8 Å². The average molecular weight is 293 g/mol. The van der Waals surface area contributed by atoms with Gasteiger partial charge in [-0.25, -0.2) is 4.39 Å². The second-order valence-corrected chi connectivity index (χ2v) is 6.14. The Kier molecular flexibility index (Phi) is 3.76. The van der Waals surface area contributed by atoms with Crippen molar-refractivity contribution in [2.24, 2.45) is 4.99 Å². The Morgan fingerprint density at radius 1 is 1.20 bits per heavy atom. The van der Waals surface area contributed by atoms with Crippen LogP contribution in [0.5, 0.6) is 0 Å². The van der Waals surface area contributed by atoms with Crippen LogP contribution in [0.4, 0.5) is 4.39 Å². The van der Waals surface area contributed by atoms with Crippen LogP contribution < -0.4 is 0 Å². The minimum atomic E-state index is -0.328. The summed E-state index contributed by atoms with van der Waals surface area (Å²) < 4.78 is 12.9. The second kappa shape index (κ2) is 5.54. The number of benzene rings is 1. The van der Waals surface area contributed by atoms with Crippen LogP contribution in [0.1, 0.15) is 10.8 Å². The molecular weight excluding hydrogens is 277 g/mol. The lowest BCUT2D eigenvalue weighted by atomic mass is 10.1. The maximum absolute atomic E-state index is 12.9. The highest BCUT2D eigenvalue weighted by Gasteiger charge is 2.33. The van der Waals surface area contributed by atoms with Crippen LogP contribution in [0.3, 0.4) is 0 Å². The number of aliphatic imine (C=N–C) groups is 1. The summed E-state index contributed by atoms with van der Waals surface area (Å²) in [6, 6.07) is 6.09. The van der Waals surface area contributed by atoms with Crippen molar-refractivity contribution in [2.75, 3.05) is 33.2 Å². The van der Waals surface area contributed by atoms with Crippen LogP contribution in [0, 0.1) is 5.82 Å². The monoisotopic (exact) mass is 293 g/mol. The first-order chi connectivity index (χ1) is 9.63. The Labute approximate surface area is 121 Å². The van der Waals surface area contributed by atoms with E-state index in [4.69, 9.17) is 0 Å². The number of thioether (sulfide) groups is 1. The number of halogens is 1. The van der Waals surface area contributed by atoms with Crippen molar-refractivity contribution < 1.29 is 9.18 Å². The lowest BCUT2D eigenvalue weighted by molar-refractivity contribution is -0.117. The van der Waals surface area contributed by atoms with Gasteiger partial charge in [-0.1, -0.05) is 23.9 Å². The minimum Gasteiger partial charge on any atom is -0.348 e. The van der Waals surface area contributed by atoms with Crippen LogP contribution in [0.25, 0.3) is 0 Å². The number of rotatable bonds is 1. The van der Waals surface area contributed by atoms with Gasteiger partial charge in [-0.15, -0.1) is 0 Å². The third-order valence-corrected chi connectivity index (χ3v) is 4.87. The number of likely N-dealkylation sites (N-methyl/N-ethyl adjacent to an activating group) is 1. The van der Waals surface area contributed by atoms with Crippen molar-refractivity contribution in [3.8, 4) is 0 Å². The molecule has 3 rings (SSSR count). The summed E-state index contributed by atoms with van der Waals surface area (Å²) in [5.74, 6) is -0.431. The van der Waals surface area contributed by atoms with Gasteiger partial charge in [0.1, 0.15) is 11.1 Å². The SMILES string of the molecule is CN1CCN(C2=NC(=O)C(c3ccc(F)cc3)S2)CC1. The molecule has 2 aliphatic heterocycles. The predicted octanol–water partition coefficient (Wildman–Crippen LogP) is 1.74. The van der Waals surface area contributed by atoms with E-state index in [9.17, 15) is 9.18 Å². The molecule has 106 valence electrons. The van der Waals surface area contributed by atoms with Gasteiger partial charge in [0, 0.05) is 26.2 Å². The lowest BCUT2D eigenvalue weighted by Crippen LogP contribution is -2.46. The van der Waals surface area contributed by atoms with Crippen LogP contribution >= 0.6 is 11.8 Å². The highest BCUT2D eigenvalue weighted by atomic mass is 32.2. The van der Waals surface area contributed by atoms with Gasteiger partial charge in [-0.2, -0.15) is 4.99 Å². The molecule has 1 amide bonds. The number of piperazine rings is 1. The summed E-state index contributed by atoms with van der Waals surface area (Å²) in [6.07, 6.45) is 0. The molecule has 1 aromatic carbocycles. The van der Waals surface area contributed by atoms with Crippen molar-refractivity contribution in [2.45, 2.75) is 5.25 Å². The van der Waals surface area contributed by atoms with Crippen molar-refractivity contribution in [1.29, 1.82) is 0 Å². The summed E-state index contributed by atoms with van der Waals surface area (Å²) >= 11 is 1.47. The molecule has 1 unspecified atom stereocenters. The van der Waals surface area contributed by atoms with E-state index >= 15 is 0 Å². The van der Waals surface area contributed by atoms with Crippen molar-refractivity contribution in [3.63, 3.8) is 0 Å². The molecule has 0 radical (unpaired) electrons. The fourth-order valence-electron chi connectivity index (χ4n) is 2.33. The Hall–Kier alpha value is -1.40. The molecule has 0 spiro atoms. The summed E-state index contributed by atoms with van der Waals surface area (Å²) in [4.78, 5) is 20.6. The molecule has 1 aromatic rings. The second-order valence-electron chi connectivity index (χ2n) is 5.07. The minimum absolute atomic E-state index is 0.143. The molecule has 6 heteroatoms. The van der Waals surface area contributed by atoms with Gasteiger partial charge in [0.25, 0.3) is 5.91 Å². The molecule has 1 saturated heterocycles. The molecule has 0 N–H and O–H groups in total. The Morgan fingerprint density at radius 3 is 2.50 bits per heavy atom. The predicted molar refractivity (Wildman–Crippen MR) is 78.2 cm³/mol. The fourth-order valence-corrected chi connectivity index (χ4v) is 3.46. The third kappa shape index (κ3) is 2.71. The van der Waals surface area contributed by atoms with E-state index in [0.29, 0.717) is 0 Å². The van der Waals surface area contributed by atoms with Gasteiger partial charge in [-0.05, 0) is 24.7 Å². The van der Waals surface area contributed by atoms with Crippen LogP contribution in [0.15, 0.2) is 29.3 Å². The lowest BCUT2D eigenvalue weighted by Gasteiger charge is -2.33. The Balaban J connectivity index is 1.70. The molecule has 1 fully saturated rings. The maximum atomic E-state index is 12.9. The van der Waals surface area contributed by atoms with E-state index < -0.39 is 0 Å². The molecule has 20 heavy (non-hydrogen) atoms. The third-order valence-electron chi connectivity index (χ3n) is 3.60. The molecule has 0 saturated carbocycles. The Morgan fingerprint density at radius 2 is 1.85 bits per heavy atom. The topological polar surface area (TPSA) is 35.9 Å². The van der Waals surface area contributed by atoms with Gasteiger partial charge >= 0.3 is 0 Å². The van der Waals surface area contributed by atoms with Crippen LogP contribution in [0.2, 0.25) is 0 Å². The van der Waals surface area contributed by atoms with Gasteiger partial charge in [-0.3, -0.25) is 4.79 Å². The smallest absolute Gasteiger partial charge is 0.266 e. The van der Waals surface area contributed by atoms with Gasteiger partial charge < -0.3 is 9.80 Å². The van der Waals surface area contributed by atoms with Gasteiger partial charge in [0.15, 0.2) is 5.17 Å². The average Bonchev–Trinajstić information content (AvgIpc) is 2.82. The molecule has 2 aliphatic rings. The van der Waals surface area contributed by atoms with E-state index in [1.807, 2.05) is 0 Å². The largest absolute Gasteiger partial charge is 0.348 e. The number of hydrogen-bond acceptors (Lipinski definition) is 4. The Bertz CT molecular complexity index is 538. The first kappa shape index (κ1) is 13.6. The van der Waals surface area contributed by atoms with Crippen LogP contribution in [-0.2, 0) is 4.79 Å². The summed E-state index contributed by atoms with van der Waals surface area (Å²) in [7, 11) is 2.09. The van der Waals surface area contributed by atoms with E-state index in [1.165, 1.54) is 23.9 Å². The number of amides is 1. The number of hydrogen-bond donors (Lipinski definition) is 0. The molecule has 0 aliphatic carbocycles. The quantitative estimate of drug-likeness (QED) is 0.790. The first-order valence-electron chi connectivity index (χ1n) is 6.61. The standard InChI is InChI=1S/C14H16FN3OS/c1-17-6-8-18(9-7-17)14-16-13(19)12(20-14)10-2-4-11(15)5-3-10/h2-5,12H,6-9H2,1H3. The molecule has 0 bridgehead atoms. The summed E-state index contributed by atoms with van der Waals surface area (Å²) in [6.45, 7) is 3.75. The number of nitrogens with zero attached hydrogens (tertiary/aromatic N) is 3. The van der Waals surface area contributed by atoms with Gasteiger partial charge in [0.05, 0.1) is 0 Å². The maximum Gasteiger partial charge on any atom is 0.266 e. The zero-order chi connectivity index (χ0) is 14.1. The number of carbonyl (C=O) groups excluding carboxylic acids is 1. The molecule has 0 aromatic heterocycles. The zero-order valence-corrected chi connectivity index (χ0v) is 12.1. The fraction of sp³-hybridized carbons (Fsp3) is 0.429. The van der Waals surface area contributed by atoms with E-state index in [0.717, 1.165) is 36.9 Å². The molecular formula is C14H16FN3OS. The van der Waals surface area contributed by atoms with Crippen molar-refractivity contribution in [3.05, 3.63) is 35.6 Å². The van der Waals surface area contributed by atoms with Crippen LogP contribution in [-0.4, -0.2) is 54.1 Å². The normalized spacial score (nSPS) is 24.1. The zero-order valence-electron chi connectivity index (χ0n) is 11.3. The highest BCUT2D eigenvalue weighted by molar-refractivity contribution is 8.15. The molecule has 2 heterocycles. The van der Waals surface area contributed by atoms with E-state index in [-0.39, 0.29) is 17.0 Å².